The standard InChI is InChI=1S/C15H25N3O/c1-3-15(8-9-16-10-15)14-17-13(18-19-14)12-6-4-11(2)5-7-12/h11-12,16H,3-10H2,1-2H3. The Morgan fingerprint density at radius 1 is 1.32 bits per heavy atom. The summed E-state index contributed by atoms with van der Waals surface area (Å²) in [6.45, 7) is 6.60. The third-order valence-electron chi connectivity index (χ3n) is 5.20. The molecule has 106 valence electrons. The monoisotopic (exact) mass is 263 g/mol. The van der Waals surface area contributed by atoms with Crippen LogP contribution in [0.3, 0.4) is 0 Å². The summed E-state index contributed by atoms with van der Waals surface area (Å²) < 4.78 is 5.62. The van der Waals surface area contributed by atoms with Gasteiger partial charge < -0.3 is 9.84 Å². The molecule has 1 aliphatic heterocycles. The van der Waals surface area contributed by atoms with Gasteiger partial charge in [0.1, 0.15) is 0 Å². The molecule has 1 atom stereocenters. The van der Waals surface area contributed by atoms with Gasteiger partial charge in [-0.3, -0.25) is 0 Å². The summed E-state index contributed by atoms with van der Waals surface area (Å²) in [6, 6.07) is 0. The molecule has 2 fully saturated rings. The molecule has 1 saturated heterocycles. The van der Waals surface area contributed by atoms with Gasteiger partial charge in [0, 0.05) is 12.5 Å². The number of nitrogens with zero attached hydrogens (tertiary/aromatic N) is 2. The lowest BCUT2D eigenvalue weighted by atomic mass is 9.82. The molecule has 0 amide bonds. The van der Waals surface area contributed by atoms with E-state index < -0.39 is 0 Å². The van der Waals surface area contributed by atoms with Gasteiger partial charge in [-0.15, -0.1) is 0 Å². The van der Waals surface area contributed by atoms with E-state index in [1.54, 1.807) is 0 Å². The molecule has 3 rings (SSSR count). The van der Waals surface area contributed by atoms with Crippen LogP contribution in [0.15, 0.2) is 4.52 Å². The first kappa shape index (κ1) is 13.1. The van der Waals surface area contributed by atoms with Crippen molar-refractivity contribution in [2.24, 2.45) is 5.92 Å². The largest absolute Gasteiger partial charge is 0.339 e. The SMILES string of the molecule is CCC1(c2nc(C3CCC(C)CC3)no2)CCNC1. The zero-order valence-corrected chi connectivity index (χ0v) is 12.1. The molecule has 2 heterocycles. The maximum absolute atomic E-state index is 5.62. The summed E-state index contributed by atoms with van der Waals surface area (Å²) in [7, 11) is 0. The molecule has 1 unspecified atom stereocenters. The summed E-state index contributed by atoms with van der Waals surface area (Å²) in [5, 5.41) is 7.72. The van der Waals surface area contributed by atoms with Crippen molar-refractivity contribution in [1.82, 2.24) is 15.5 Å². The lowest BCUT2D eigenvalue weighted by Gasteiger charge is -2.24. The minimum absolute atomic E-state index is 0.0905. The molecule has 1 saturated carbocycles. The Morgan fingerprint density at radius 3 is 2.74 bits per heavy atom. The summed E-state index contributed by atoms with van der Waals surface area (Å²) >= 11 is 0. The van der Waals surface area contributed by atoms with E-state index in [9.17, 15) is 0 Å². The van der Waals surface area contributed by atoms with E-state index in [-0.39, 0.29) is 5.41 Å². The van der Waals surface area contributed by atoms with Crippen molar-refractivity contribution in [2.45, 2.75) is 63.7 Å². The molecule has 1 N–H and O–H groups in total. The average Bonchev–Trinajstić information content (AvgIpc) is 3.09. The molecule has 0 spiro atoms. The number of rotatable bonds is 3. The Morgan fingerprint density at radius 2 is 2.11 bits per heavy atom. The van der Waals surface area contributed by atoms with Crippen molar-refractivity contribution < 1.29 is 4.52 Å². The van der Waals surface area contributed by atoms with Crippen LogP contribution >= 0.6 is 0 Å². The normalized spacial score (nSPS) is 35.7. The van der Waals surface area contributed by atoms with E-state index in [2.05, 4.69) is 24.3 Å². The first-order valence-corrected chi connectivity index (χ1v) is 7.78. The van der Waals surface area contributed by atoms with Crippen molar-refractivity contribution in [3.63, 3.8) is 0 Å². The van der Waals surface area contributed by atoms with Crippen molar-refractivity contribution in [1.29, 1.82) is 0 Å². The lowest BCUT2D eigenvalue weighted by Crippen LogP contribution is -2.28. The van der Waals surface area contributed by atoms with Crippen molar-refractivity contribution in [2.75, 3.05) is 13.1 Å². The van der Waals surface area contributed by atoms with E-state index in [1.807, 2.05) is 0 Å². The Kier molecular flexibility index (Phi) is 3.61. The highest BCUT2D eigenvalue weighted by Crippen LogP contribution is 2.37. The maximum atomic E-state index is 5.62. The highest BCUT2D eigenvalue weighted by molar-refractivity contribution is 5.11. The first-order chi connectivity index (χ1) is 9.23. The zero-order chi connectivity index (χ0) is 13.3. The molecule has 1 aliphatic carbocycles. The molecule has 0 radical (unpaired) electrons. The van der Waals surface area contributed by atoms with Gasteiger partial charge in [-0.1, -0.05) is 31.8 Å². The third kappa shape index (κ3) is 2.42. The van der Waals surface area contributed by atoms with Gasteiger partial charge in [-0.25, -0.2) is 0 Å². The second-order valence-electron chi connectivity index (χ2n) is 6.48. The predicted molar refractivity (Wildman–Crippen MR) is 74.1 cm³/mol. The molecule has 4 heteroatoms. The fourth-order valence-electron chi connectivity index (χ4n) is 3.51. The van der Waals surface area contributed by atoms with Crippen molar-refractivity contribution >= 4 is 0 Å². The van der Waals surface area contributed by atoms with Crippen LogP contribution in [0, 0.1) is 5.92 Å². The molecule has 2 aliphatic rings. The van der Waals surface area contributed by atoms with E-state index >= 15 is 0 Å². The summed E-state index contributed by atoms with van der Waals surface area (Å²) in [6.07, 6.45) is 7.23. The molecule has 19 heavy (non-hydrogen) atoms. The van der Waals surface area contributed by atoms with Gasteiger partial charge in [-0.2, -0.15) is 4.98 Å². The van der Waals surface area contributed by atoms with Crippen LogP contribution in [0.4, 0.5) is 0 Å². The first-order valence-electron chi connectivity index (χ1n) is 7.78. The van der Waals surface area contributed by atoms with Crippen molar-refractivity contribution in [3.05, 3.63) is 11.7 Å². The highest BCUT2D eigenvalue weighted by Gasteiger charge is 2.39. The van der Waals surface area contributed by atoms with Crippen LogP contribution in [-0.2, 0) is 5.41 Å². The van der Waals surface area contributed by atoms with E-state index in [0.717, 1.165) is 43.6 Å². The average molecular weight is 263 g/mol. The molecule has 1 aromatic rings. The molecule has 0 aromatic carbocycles. The number of hydrogen-bond acceptors (Lipinski definition) is 4. The summed E-state index contributed by atoms with van der Waals surface area (Å²) in [4.78, 5) is 4.77. The fraction of sp³-hybridized carbons (Fsp3) is 0.867. The van der Waals surface area contributed by atoms with Crippen LogP contribution in [0.1, 0.15) is 70.0 Å². The number of hydrogen-bond donors (Lipinski definition) is 1. The van der Waals surface area contributed by atoms with Crippen LogP contribution in [0.25, 0.3) is 0 Å². The lowest BCUT2D eigenvalue weighted by molar-refractivity contribution is 0.279. The minimum Gasteiger partial charge on any atom is -0.339 e. The quantitative estimate of drug-likeness (QED) is 0.910. The van der Waals surface area contributed by atoms with E-state index in [4.69, 9.17) is 9.51 Å². The smallest absolute Gasteiger partial charge is 0.234 e. The van der Waals surface area contributed by atoms with Crippen LogP contribution in [0.5, 0.6) is 0 Å². The maximum Gasteiger partial charge on any atom is 0.234 e. The number of nitrogens with one attached hydrogen (secondary N) is 1. The minimum atomic E-state index is 0.0905. The van der Waals surface area contributed by atoms with Gasteiger partial charge in [0.2, 0.25) is 5.89 Å². The third-order valence-corrected chi connectivity index (χ3v) is 5.20. The van der Waals surface area contributed by atoms with Gasteiger partial charge in [0.05, 0.1) is 5.41 Å². The molecular weight excluding hydrogens is 238 g/mol. The zero-order valence-electron chi connectivity index (χ0n) is 12.1. The molecule has 0 bridgehead atoms. The van der Waals surface area contributed by atoms with Gasteiger partial charge >= 0.3 is 0 Å². The Labute approximate surface area is 115 Å². The summed E-state index contributed by atoms with van der Waals surface area (Å²) in [5.74, 6) is 3.22. The second-order valence-corrected chi connectivity index (χ2v) is 6.48. The van der Waals surface area contributed by atoms with E-state index in [1.165, 1.54) is 25.7 Å². The van der Waals surface area contributed by atoms with Crippen molar-refractivity contribution in [3.8, 4) is 0 Å². The van der Waals surface area contributed by atoms with Gasteiger partial charge in [0.25, 0.3) is 0 Å². The van der Waals surface area contributed by atoms with Gasteiger partial charge in [-0.05, 0) is 38.1 Å². The van der Waals surface area contributed by atoms with E-state index in [0.29, 0.717) is 5.92 Å². The second kappa shape index (κ2) is 5.23. The molecular formula is C15H25N3O. The molecule has 4 nitrogen and oxygen atoms in total. The predicted octanol–water partition coefficient (Wildman–Crippen LogP) is 3.00. The Bertz CT molecular complexity index is 415. The van der Waals surface area contributed by atoms with Gasteiger partial charge in [0.15, 0.2) is 5.82 Å². The number of aromatic nitrogens is 2. The fourth-order valence-corrected chi connectivity index (χ4v) is 3.51. The van der Waals surface area contributed by atoms with Crippen LogP contribution < -0.4 is 5.32 Å². The topological polar surface area (TPSA) is 51.0 Å². The van der Waals surface area contributed by atoms with Crippen LogP contribution in [-0.4, -0.2) is 23.2 Å². The Balaban J connectivity index is 1.75. The molecule has 1 aromatic heterocycles. The Hall–Kier alpha value is -0.900. The summed E-state index contributed by atoms with van der Waals surface area (Å²) in [5.41, 5.74) is 0.0905. The highest BCUT2D eigenvalue weighted by atomic mass is 16.5. The van der Waals surface area contributed by atoms with Crippen LogP contribution in [0.2, 0.25) is 0 Å².